The Morgan fingerprint density at radius 1 is 1.12 bits per heavy atom. The number of fused-ring (bicyclic) bond motifs is 5. The minimum Gasteiger partial charge on any atom is -0.393 e. The third kappa shape index (κ3) is 2.14. The first-order valence-corrected chi connectivity index (χ1v) is 9.93. The van der Waals surface area contributed by atoms with Crippen molar-refractivity contribution in [1.29, 1.82) is 0 Å². The summed E-state index contributed by atoms with van der Waals surface area (Å²) in [6, 6.07) is 0. The van der Waals surface area contributed by atoms with Crippen LogP contribution in [0.4, 0.5) is 0 Å². The fourth-order valence-corrected chi connectivity index (χ4v) is 7.02. The van der Waals surface area contributed by atoms with Crippen LogP contribution in [0.2, 0.25) is 0 Å². The molecule has 1 N–H and O–H groups in total. The first-order chi connectivity index (χ1) is 11.4. The van der Waals surface area contributed by atoms with Gasteiger partial charge in [-0.05, 0) is 73.5 Å². The maximum Gasteiger partial charge on any atom is 0.126 e. The average Bonchev–Trinajstić information content (AvgIpc) is 2.92. The van der Waals surface area contributed by atoms with Gasteiger partial charge in [-0.15, -0.1) is 0 Å². The number of carbonyl (C=O) groups is 1. The largest absolute Gasteiger partial charge is 0.393 e. The molecule has 132 valence electrons. The molecule has 24 heavy (non-hydrogen) atoms. The zero-order chi connectivity index (χ0) is 17.1. The van der Waals surface area contributed by atoms with Crippen LogP contribution in [0.5, 0.6) is 0 Å². The average molecular weight is 328 g/mol. The quantitative estimate of drug-likeness (QED) is 0.590. The molecule has 0 aromatic heterocycles. The first kappa shape index (κ1) is 16.6. The highest BCUT2D eigenvalue weighted by molar-refractivity contribution is 5.60. The Morgan fingerprint density at radius 2 is 1.88 bits per heavy atom. The summed E-state index contributed by atoms with van der Waals surface area (Å²) in [7, 11) is 0. The van der Waals surface area contributed by atoms with Gasteiger partial charge in [-0.2, -0.15) is 0 Å². The SMILES string of the molecule is CC(C=O)C1=CC[C@H]2[C@@H]3CC=C4C[C@@H](O)CC[C@]4(C)[C@H]3CC[C@]12C. The van der Waals surface area contributed by atoms with E-state index in [9.17, 15) is 9.90 Å². The summed E-state index contributed by atoms with van der Waals surface area (Å²) in [5.41, 5.74) is 3.50. The van der Waals surface area contributed by atoms with Gasteiger partial charge >= 0.3 is 0 Å². The Hall–Kier alpha value is -0.890. The topological polar surface area (TPSA) is 37.3 Å². The summed E-state index contributed by atoms with van der Waals surface area (Å²) in [5.74, 6) is 2.30. The van der Waals surface area contributed by atoms with Crippen LogP contribution in [0.15, 0.2) is 23.3 Å². The van der Waals surface area contributed by atoms with Crippen molar-refractivity contribution in [3.8, 4) is 0 Å². The van der Waals surface area contributed by atoms with E-state index in [0.29, 0.717) is 11.3 Å². The van der Waals surface area contributed by atoms with Crippen LogP contribution in [0.3, 0.4) is 0 Å². The standard InChI is InChI=1S/C22H32O2/c1-14(13-23)18-6-7-19-17-5-4-15-12-16(24)8-10-21(15,2)20(17)9-11-22(18,19)3/h4,6,13-14,16-17,19-20,24H,5,7-12H2,1-3H3/t14?,16-,17-,19-,20-,21-,22+/m0/s1. The highest BCUT2D eigenvalue weighted by Crippen LogP contribution is 2.65. The zero-order valence-electron chi connectivity index (χ0n) is 15.4. The van der Waals surface area contributed by atoms with Crippen molar-refractivity contribution < 1.29 is 9.90 Å². The van der Waals surface area contributed by atoms with Crippen LogP contribution < -0.4 is 0 Å². The second-order valence-corrected chi connectivity index (χ2v) is 9.43. The van der Waals surface area contributed by atoms with E-state index in [1.807, 2.05) is 0 Å². The summed E-state index contributed by atoms with van der Waals surface area (Å²) in [6.07, 6.45) is 13.8. The summed E-state index contributed by atoms with van der Waals surface area (Å²) < 4.78 is 0. The second-order valence-electron chi connectivity index (χ2n) is 9.43. The molecule has 7 atom stereocenters. The molecule has 0 aromatic carbocycles. The molecule has 0 saturated heterocycles. The fourth-order valence-electron chi connectivity index (χ4n) is 7.02. The van der Waals surface area contributed by atoms with E-state index >= 15 is 0 Å². The van der Waals surface area contributed by atoms with E-state index in [-0.39, 0.29) is 17.4 Å². The van der Waals surface area contributed by atoms with Crippen LogP contribution >= 0.6 is 0 Å². The Morgan fingerprint density at radius 3 is 2.62 bits per heavy atom. The zero-order valence-corrected chi connectivity index (χ0v) is 15.4. The van der Waals surface area contributed by atoms with Crippen molar-refractivity contribution in [3.63, 3.8) is 0 Å². The van der Waals surface area contributed by atoms with Gasteiger partial charge in [-0.1, -0.05) is 44.1 Å². The summed E-state index contributed by atoms with van der Waals surface area (Å²) in [6.45, 7) is 6.97. The van der Waals surface area contributed by atoms with Crippen molar-refractivity contribution >= 4 is 6.29 Å². The predicted octanol–water partition coefficient (Wildman–Crippen LogP) is 4.68. The highest BCUT2D eigenvalue weighted by Gasteiger charge is 2.56. The number of hydrogen-bond acceptors (Lipinski definition) is 2. The summed E-state index contributed by atoms with van der Waals surface area (Å²) >= 11 is 0. The number of aliphatic hydroxyl groups excluding tert-OH is 1. The number of aliphatic hydroxyl groups is 1. The minimum absolute atomic E-state index is 0.0756. The van der Waals surface area contributed by atoms with Gasteiger partial charge in [0, 0.05) is 5.92 Å². The van der Waals surface area contributed by atoms with E-state index in [4.69, 9.17) is 0 Å². The number of carbonyl (C=O) groups excluding carboxylic acids is 1. The molecule has 4 aliphatic carbocycles. The van der Waals surface area contributed by atoms with E-state index in [1.54, 1.807) is 5.57 Å². The second kappa shape index (κ2) is 5.56. The van der Waals surface area contributed by atoms with Gasteiger partial charge in [0.05, 0.1) is 6.10 Å². The lowest BCUT2D eigenvalue weighted by molar-refractivity contribution is -0.110. The molecule has 4 aliphatic rings. The van der Waals surface area contributed by atoms with Gasteiger partial charge in [0.25, 0.3) is 0 Å². The molecular weight excluding hydrogens is 296 g/mol. The molecule has 0 aromatic rings. The third-order valence-electron chi connectivity index (χ3n) is 8.41. The van der Waals surface area contributed by atoms with E-state index in [0.717, 1.165) is 43.8 Å². The van der Waals surface area contributed by atoms with Crippen molar-refractivity contribution in [2.24, 2.45) is 34.5 Å². The van der Waals surface area contributed by atoms with Crippen molar-refractivity contribution in [3.05, 3.63) is 23.3 Å². The predicted molar refractivity (Wildman–Crippen MR) is 96.4 cm³/mol. The van der Waals surface area contributed by atoms with E-state index < -0.39 is 0 Å². The molecular formula is C22H32O2. The van der Waals surface area contributed by atoms with E-state index in [1.165, 1.54) is 24.8 Å². The molecule has 0 spiro atoms. The van der Waals surface area contributed by atoms with Crippen LogP contribution in [0.25, 0.3) is 0 Å². The van der Waals surface area contributed by atoms with Crippen molar-refractivity contribution in [2.45, 2.75) is 71.8 Å². The smallest absolute Gasteiger partial charge is 0.126 e. The lowest BCUT2D eigenvalue weighted by atomic mass is 9.47. The molecule has 0 radical (unpaired) electrons. The van der Waals surface area contributed by atoms with Crippen molar-refractivity contribution in [2.75, 3.05) is 0 Å². The first-order valence-electron chi connectivity index (χ1n) is 9.93. The van der Waals surface area contributed by atoms with Crippen LogP contribution in [0.1, 0.15) is 65.7 Å². The van der Waals surface area contributed by atoms with Gasteiger partial charge in [0.1, 0.15) is 6.29 Å². The van der Waals surface area contributed by atoms with Gasteiger partial charge < -0.3 is 9.90 Å². The number of hydrogen-bond donors (Lipinski definition) is 1. The van der Waals surface area contributed by atoms with Gasteiger partial charge in [-0.3, -0.25) is 0 Å². The number of rotatable bonds is 2. The van der Waals surface area contributed by atoms with Crippen LogP contribution in [0, 0.1) is 34.5 Å². The normalized spacial score (nSPS) is 48.5. The number of allylic oxidation sites excluding steroid dienone is 3. The highest BCUT2D eigenvalue weighted by atomic mass is 16.3. The maximum atomic E-state index is 11.4. The molecule has 4 rings (SSSR count). The number of aldehydes is 1. The Labute approximate surface area is 146 Å². The lowest BCUT2D eigenvalue weighted by Crippen LogP contribution is -2.50. The van der Waals surface area contributed by atoms with Gasteiger partial charge in [0.2, 0.25) is 0 Å². The molecule has 2 saturated carbocycles. The molecule has 2 fully saturated rings. The molecule has 0 bridgehead atoms. The Balaban J connectivity index is 1.65. The molecule has 0 amide bonds. The molecule has 2 nitrogen and oxygen atoms in total. The van der Waals surface area contributed by atoms with Gasteiger partial charge in [0.15, 0.2) is 0 Å². The third-order valence-corrected chi connectivity index (χ3v) is 8.41. The molecule has 1 unspecified atom stereocenters. The fraction of sp³-hybridized carbons (Fsp3) is 0.773. The van der Waals surface area contributed by atoms with Crippen LogP contribution in [-0.2, 0) is 4.79 Å². The van der Waals surface area contributed by atoms with Gasteiger partial charge in [-0.25, -0.2) is 0 Å². The Kier molecular flexibility index (Phi) is 3.84. The van der Waals surface area contributed by atoms with Crippen LogP contribution in [-0.4, -0.2) is 17.5 Å². The Bertz CT molecular complexity index is 603. The monoisotopic (exact) mass is 328 g/mol. The summed E-state index contributed by atoms with van der Waals surface area (Å²) in [4.78, 5) is 11.4. The maximum absolute atomic E-state index is 11.4. The van der Waals surface area contributed by atoms with E-state index in [2.05, 4.69) is 32.9 Å². The van der Waals surface area contributed by atoms with Crippen molar-refractivity contribution in [1.82, 2.24) is 0 Å². The molecule has 2 heteroatoms. The minimum atomic E-state index is -0.122. The molecule has 0 aliphatic heterocycles. The molecule has 0 heterocycles. The lowest BCUT2D eigenvalue weighted by Gasteiger charge is -2.58. The summed E-state index contributed by atoms with van der Waals surface area (Å²) in [5, 5.41) is 10.1.